The first-order chi connectivity index (χ1) is 13.6. The first kappa shape index (κ1) is 16.6. The van der Waals surface area contributed by atoms with E-state index in [1.807, 2.05) is 36.4 Å². The van der Waals surface area contributed by atoms with Gasteiger partial charge in [0.2, 0.25) is 11.8 Å². The highest BCUT2D eigenvalue weighted by Gasteiger charge is 2.39. The summed E-state index contributed by atoms with van der Waals surface area (Å²) in [5, 5.41) is 12.7. The minimum absolute atomic E-state index is 0.181. The Morgan fingerprint density at radius 2 is 1.93 bits per heavy atom. The molecular formula is C21H16N4O3. The highest BCUT2D eigenvalue weighted by molar-refractivity contribution is 6.05. The number of amides is 3. The molecule has 28 heavy (non-hydrogen) atoms. The van der Waals surface area contributed by atoms with Gasteiger partial charge in [0.25, 0.3) is 5.91 Å². The molecule has 7 heteroatoms. The molecule has 0 bridgehead atoms. The van der Waals surface area contributed by atoms with E-state index in [-0.39, 0.29) is 18.2 Å². The van der Waals surface area contributed by atoms with Crippen LogP contribution in [0.5, 0.6) is 0 Å². The molecule has 2 aliphatic heterocycles. The van der Waals surface area contributed by atoms with Crippen molar-refractivity contribution in [1.29, 1.82) is 0 Å². The number of nitrogens with zero attached hydrogens (tertiary/aromatic N) is 3. The van der Waals surface area contributed by atoms with Gasteiger partial charge in [-0.25, -0.2) is 0 Å². The number of piperidine rings is 1. The largest absolute Gasteiger partial charge is 0.322 e. The second-order valence-corrected chi connectivity index (χ2v) is 7.05. The van der Waals surface area contributed by atoms with Crippen molar-refractivity contribution in [2.45, 2.75) is 25.4 Å². The number of carbonyl (C=O) groups excluding carboxylic acids is 3. The number of carbonyl (C=O) groups is 3. The highest BCUT2D eigenvalue weighted by Crippen LogP contribution is 2.32. The smallest absolute Gasteiger partial charge is 0.255 e. The SMILES string of the molecule is O=C1CCC(N2Cc3cc(-c4nncc5ccccc45)ccc3C2=O)C(=O)N1. The first-order valence-electron chi connectivity index (χ1n) is 9.10. The number of imide groups is 1. The van der Waals surface area contributed by atoms with Crippen LogP contribution in [0.4, 0.5) is 0 Å². The molecule has 0 saturated carbocycles. The van der Waals surface area contributed by atoms with Crippen molar-refractivity contribution in [3.8, 4) is 11.3 Å². The zero-order chi connectivity index (χ0) is 19.3. The molecule has 3 amide bonds. The van der Waals surface area contributed by atoms with E-state index in [1.54, 1.807) is 17.2 Å². The highest BCUT2D eigenvalue weighted by atomic mass is 16.2. The van der Waals surface area contributed by atoms with Gasteiger partial charge in [-0.2, -0.15) is 5.10 Å². The first-order valence-corrected chi connectivity index (χ1v) is 9.10. The molecule has 3 heterocycles. The van der Waals surface area contributed by atoms with E-state index in [0.717, 1.165) is 27.6 Å². The summed E-state index contributed by atoms with van der Waals surface area (Å²) in [5.74, 6) is -0.875. The maximum Gasteiger partial charge on any atom is 0.255 e. The topological polar surface area (TPSA) is 92.3 Å². The molecule has 0 aliphatic carbocycles. The summed E-state index contributed by atoms with van der Waals surface area (Å²) in [6.45, 7) is 0.340. The molecular weight excluding hydrogens is 356 g/mol. The van der Waals surface area contributed by atoms with Gasteiger partial charge in [-0.1, -0.05) is 30.3 Å². The van der Waals surface area contributed by atoms with Crippen molar-refractivity contribution >= 4 is 28.5 Å². The number of fused-ring (bicyclic) bond motifs is 2. The van der Waals surface area contributed by atoms with Crippen LogP contribution in [0.25, 0.3) is 22.0 Å². The fraction of sp³-hybridized carbons (Fsp3) is 0.190. The third kappa shape index (κ3) is 2.55. The Hall–Kier alpha value is -3.61. The number of nitrogens with one attached hydrogen (secondary N) is 1. The molecule has 1 saturated heterocycles. The zero-order valence-electron chi connectivity index (χ0n) is 14.9. The summed E-state index contributed by atoms with van der Waals surface area (Å²) in [6, 6.07) is 12.8. The minimum atomic E-state index is -0.613. The molecule has 2 aromatic carbocycles. The summed E-state index contributed by atoms with van der Waals surface area (Å²) >= 11 is 0. The molecule has 138 valence electrons. The average Bonchev–Trinajstić information content (AvgIpc) is 3.03. The van der Waals surface area contributed by atoms with Crippen LogP contribution in [-0.2, 0) is 16.1 Å². The average molecular weight is 372 g/mol. The lowest BCUT2D eigenvalue weighted by molar-refractivity contribution is -0.136. The third-order valence-corrected chi connectivity index (χ3v) is 5.37. The Bertz CT molecular complexity index is 1150. The van der Waals surface area contributed by atoms with E-state index in [2.05, 4.69) is 15.5 Å². The van der Waals surface area contributed by atoms with Crippen LogP contribution in [-0.4, -0.2) is 38.9 Å². The molecule has 0 spiro atoms. The predicted octanol–water partition coefficient (Wildman–Crippen LogP) is 2.06. The minimum Gasteiger partial charge on any atom is -0.322 e. The lowest BCUT2D eigenvalue weighted by Crippen LogP contribution is -2.52. The van der Waals surface area contributed by atoms with Crippen LogP contribution >= 0.6 is 0 Å². The molecule has 1 unspecified atom stereocenters. The zero-order valence-corrected chi connectivity index (χ0v) is 14.9. The van der Waals surface area contributed by atoms with Crippen LogP contribution in [0.2, 0.25) is 0 Å². The van der Waals surface area contributed by atoms with E-state index in [0.29, 0.717) is 18.5 Å². The van der Waals surface area contributed by atoms with Crippen LogP contribution in [0.15, 0.2) is 48.7 Å². The summed E-state index contributed by atoms with van der Waals surface area (Å²) in [5.41, 5.74) is 3.07. The standard InChI is InChI=1S/C21H16N4O3/c26-18-8-7-17(20(27)23-18)25-11-14-9-12(5-6-16(14)21(25)28)19-15-4-2-1-3-13(15)10-22-24-19/h1-6,9-10,17H,7-8,11H2,(H,23,26,27). The van der Waals surface area contributed by atoms with Crippen molar-refractivity contribution in [2.75, 3.05) is 0 Å². The Kier molecular flexibility index (Phi) is 3.68. The van der Waals surface area contributed by atoms with Crippen molar-refractivity contribution < 1.29 is 14.4 Å². The molecule has 2 aliphatic rings. The van der Waals surface area contributed by atoms with Gasteiger partial charge in [-0.3, -0.25) is 19.7 Å². The van der Waals surface area contributed by atoms with E-state index in [9.17, 15) is 14.4 Å². The quantitative estimate of drug-likeness (QED) is 0.695. The van der Waals surface area contributed by atoms with Gasteiger partial charge in [0, 0.05) is 34.9 Å². The number of benzene rings is 2. The van der Waals surface area contributed by atoms with Gasteiger partial charge in [-0.15, -0.1) is 5.10 Å². The third-order valence-electron chi connectivity index (χ3n) is 5.37. The maximum absolute atomic E-state index is 12.8. The van der Waals surface area contributed by atoms with Gasteiger partial charge in [-0.05, 0) is 24.1 Å². The van der Waals surface area contributed by atoms with E-state index < -0.39 is 11.9 Å². The number of hydrogen-bond acceptors (Lipinski definition) is 5. The van der Waals surface area contributed by atoms with Gasteiger partial charge >= 0.3 is 0 Å². The van der Waals surface area contributed by atoms with Crippen LogP contribution in [0.1, 0.15) is 28.8 Å². The summed E-state index contributed by atoms with van der Waals surface area (Å²) in [7, 11) is 0. The van der Waals surface area contributed by atoms with Gasteiger partial charge in [0.15, 0.2) is 0 Å². The number of aromatic nitrogens is 2. The normalized spacial score (nSPS) is 19.1. The van der Waals surface area contributed by atoms with Gasteiger partial charge in [0.05, 0.1) is 6.20 Å². The van der Waals surface area contributed by atoms with Gasteiger partial charge < -0.3 is 4.90 Å². The fourth-order valence-corrected chi connectivity index (χ4v) is 3.96. The van der Waals surface area contributed by atoms with Crippen LogP contribution in [0, 0.1) is 0 Å². The molecule has 0 radical (unpaired) electrons. The van der Waals surface area contributed by atoms with Crippen molar-refractivity contribution in [3.05, 3.63) is 59.8 Å². The molecule has 1 atom stereocenters. The summed E-state index contributed by atoms with van der Waals surface area (Å²) in [4.78, 5) is 37.9. The Morgan fingerprint density at radius 1 is 1.07 bits per heavy atom. The molecule has 7 nitrogen and oxygen atoms in total. The van der Waals surface area contributed by atoms with Crippen molar-refractivity contribution in [2.24, 2.45) is 0 Å². The van der Waals surface area contributed by atoms with E-state index in [1.165, 1.54) is 0 Å². The Morgan fingerprint density at radius 3 is 2.79 bits per heavy atom. The molecule has 1 N–H and O–H groups in total. The molecule has 3 aromatic rings. The maximum atomic E-state index is 12.8. The predicted molar refractivity (Wildman–Crippen MR) is 101 cm³/mol. The lowest BCUT2D eigenvalue weighted by atomic mass is 10.0. The number of rotatable bonds is 2. The molecule has 1 fully saturated rings. The molecule has 1 aromatic heterocycles. The van der Waals surface area contributed by atoms with E-state index >= 15 is 0 Å². The van der Waals surface area contributed by atoms with Gasteiger partial charge in [0.1, 0.15) is 11.7 Å². The van der Waals surface area contributed by atoms with Crippen LogP contribution < -0.4 is 5.32 Å². The Balaban J connectivity index is 1.51. The fourth-order valence-electron chi connectivity index (χ4n) is 3.96. The van der Waals surface area contributed by atoms with Crippen molar-refractivity contribution in [1.82, 2.24) is 20.4 Å². The second-order valence-electron chi connectivity index (χ2n) is 7.05. The summed E-state index contributed by atoms with van der Waals surface area (Å²) < 4.78 is 0. The van der Waals surface area contributed by atoms with Crippen molar-refractivity contribution in [3.63, 3.8) is 0 Å². The van der Waals surface area contributed by atoms with Crippen LogP contribution in [0.3, 0.4) is 0 Å². The second kappa shape index (κ2) is 6.23. The monoisotopic (exact) mass is 372 g/mol. The Labute approximate surface area is 160 Å². The number of hydrogen-bond donors (Lipinski definition) is 1. The van der Waals surface area contributed by atoms with E-state index in [4.69, 9.17) is 0 Å². The summed E-state index contributed by atoms with van der Waals surface area (Å²) in [6.07, 6.45) is 2.32. The molecule has 5 rings (SSSR count). The lowest BCUT2D eigenvalue weighted by Gasteiger charge is -2.29.